The number of ether oxygens (including phenoxy) is 2. The van der Waals surface area contributed by atoms with Crippen molar-refractivity contribution in [2.24, 2.45) is 0 Å². The van der Waals surface area contributed by atoms with Crippen LogP contribution in [0.2, 0.25) is 0 Å². The fourth-order valence-electron chi connectivity index (χ4n) is 1.81. The van der Waals surface area contributed by atoms with Crippen molar-refractivity contribution < 1.29 is 44.3 Å². The first-order valence-corrected chi connectivity index (χ1v) is 6.90. The van der Waals surface area contributed by atoms with Crippen molar-refractivity contribution in [3.63, 3.8) is 0 Å². The van der Waals surface area contributed by atoms with Gasteiger partial charge in [0.1, 0.15) is 29.6 Å². The average molecular weight is 342 g/mol. The molecule has 0 saturated carbocycles. The number of hydrogen-bond donors (Lipinski definition) is 4. The molecule has 0 saturated heterocycles. The second-order valence-corrected chi connectivity index (χ2v) is 4.83. The number of carbonyl (C=O) groups excluding carboxylic acids is 3. The average Bonchev–Trinajstić information content (AvgIpc) is 2.57. The fourth-order valence-corrected chi connectivity index (χ4v) is 1.81. The number of benzene rings is 1. The standard InChI is InChI=1S/C15H18O9/c1-8(18)23-12-5-3-2-4-9(12)15(22)24-14(11(20)7-17)13(21)10(19)6-16/h2-5,7,10-11,13-14,16,19-21H,6H2,1H3/t10-,11+,13-,14-/m1/s1. The summed E-state index contributed by atoms with van der Waals surface area (Å²) in [5.41, 5.74) is -0.193. The topological polar surface area (TPSA) is 151 Å². The molecule has 9 heteroatoms. The van der Waals surface area contributed by atoms with Crippen LogP contribution < -0.4 is 4.74 Å². The van der Waals surface area contributed by atoms with Gasteiger partial charge in [0.15, 0.2) is 12.4 Å². The molecule has 4 atom stereocenters. The van der Waals surface area contributed by atoms with Gasteiger partial charge in [-0.15, -0.1) is 0 Å². The van der Waals surface area contributed by atoms with Crippen molar-refractivity contribution in [1.82, 2.24) is 0 Å². The summed E-state index contributed by atoms with van der Waals surface area (Å²) < 4.78 is 9.70. The Morgan fingerprint density at radius 3 is 2.38 bits per heavy atom. The molecule has 1 aromatic carbocycles. The molecule has 132 valence electrons. The van der Waals surface area contributed by atoms with Crippen molar-refractivity contribution in [2.75, 3.05) is 6.61 Å². The van der Waals surface area contributed by atoms with Crippen LogP contribution in [0.15, 0.2) is 24.3 Å². The molecule has 1 rings (SSSR count). The fraction of sp³-hybridized carbons (Fsp3) is 0.400. The largest absolute Gasteiger partial charge is 0.453 e. The molecule has 0 aliphatic rings. The summed E-state index contributed by atoms with van der Waals surface area (Å²) in [7, 11) is 0. The van der Waals surface area contributed by atoms with E-state index in [2.05, 4.69) is 0 Å². The zero-order valence-corrected chi connectivity index (χ0v) is 12.7. The summed E-state index contributed by atoms with van der Waals surface area (Å²) in [6, 6.07) is 5.53. The predicted octanol–water partition coefficient (Wildman–Crippen LogP) is -1.59. The van der Waals surface area contributed by atoms with E-state index in [-0.39, 0.29) is 17.6 Å². The van der Waals surface area contributed by atoms with Crippen LogP contribution in [0.4, 0.5) is 0 Å². The normalized spacial score (nSPS) is 15.7. The lowest BCUT2D eigenvalue weighted by molar-refractivity contribution is -0.138. The van der Waals surface area contributed by atoms with Gasteiger partial charge >= 0.3 is 11.9 Å². The van der Waals surface area contributed by atoms with E-state index < -0.39 is 43.0 Å². The number of aliphatic hydroxyl groups is 4. The van der Waals surface area contributed by atoms with E-state index in [1.165, 1.54) is 24.3 Å². The van der Waals surface area contributed by atoms with Crippen molar-refractivity contribution in [3.05, 3.63) is 29.8 Å². The zero-order valence-electron chi connectivity index (χ0n) is 12.7. The highest BCUT2D eigenvalue weighted by atomic mass is 16.6. The van der Waals surface area contributed by atoms with Gasteiger partial charge in [0.25, 0.3) is 0 Å². The molecule has 0 aliphatic carbocycles. The Morgan fingerprint density at radius 1 is 1.21 bits per heavy atom. The molecule has 1 aromatic rings. The maximum atomic E-state index is 12.2. The minimum atomic E-state index is -1.94. The molecule has 0 bridgehead atoms. The Kier molecular flexibility index (Phi) is 7.46. The van der Waals surface area contributed by atoms with Crippen LogP contribution in [0.1, 0.15) is 17.3 Å². The Bertz CT molecular complexity index is 586. The lowest BCUT2D eigenvalue weighted by Crippen LogP contribution is -2.49. The quantitative estimate of drug-likeness (QED) is 0.249. The van der Waals surface area contributed by atoms with E-state index in [4.69, 9.17) is 14.6 Å². The van der Waals surface area contributed by atoms with E-state index >= 15 is 0 Å². The van der Waals surface area contributed by atoms with Gasteiger partial charge in [0, 0.05) is 6.92 Å². The number of carbonyl (C=O) groups is 3. The highest BCUT2D eigenvalue weighted by molar-refractivity contribution is 5.93. The Labute approximate surface area is 137 Å². The van der Waals surface area contributed by atoms with Crippen LogP contribution in [-0.4, -0.2) is 69.7 Å². The number of para-hydroxylation sites is 1. The minimum absolute atomic E-state index is 0.00321. The molecular formula is C15H18O9. The van der Waals surface area contributed by atoms with Crippen molar-refractivity contribution in [2.45, 2.75) is 31.3 Å². The molecule has 0 aromatic heterocycles. The zero-order chi connectivity index (χ0) is 18.3. The molecule has 9 nitrogen and oxygen atoms in total. The van der Waals surface area contributed by atoms with Crippen molar-refractivity contribution >= 4 is 18.2 Å². The first kappa shape index (κ1) is 19.7. The van der Waals surface area contributed by atoms with Gasteiger partial charge in [0.05, 0.1) is 6.61 Å². The second kappa shape index (κ2) is 9.08. The third-order valence-electron chi connectivity index (χ3n) is 3.00. The summed E-state index contributed by atoms with van der Waals surface area (Å²) in [5.74, 6) is -1.91. The molecule has 24 heavy (non-hydrogen) atoms. The summed E-state index contributed by atoms with van der Waals surface area (Å²) in [6.07, 6.45) is -7.43. The third kappa shape index (κ3) is 5.10. The maximum Gasteiger partial charge on any atom is 0.342 e. The van der Waals surface area contributed by atoms with Gasteiger partial charge in [-0.2, -0.15) is 0 Å². The summed E-state index contributed by atoms with van der Waals surface area (Å²) in [4.78, 5) is 34.0. The molecule has 4 N–H and O–H groups in total. The van der Waals surface area contributed by atoms with Crippen LogP contribution >= 0.6 is 0 Å². The first-order valence-electron chi connectivity index (χ1n) is 6.90. The molecule has 0 fully saturated rings. The summed E-state index contributed by atoms with van der Waals surface area (Å²) in [5, 5.41) is 37.6. The number of aldehydes is 1. The monoisotopic (exact) mass is 342 g/mol. The van der Waals surface area contributed by atoms with Gasteiger partial charge in [-0.25, -0.2) is 4.79 Å². The van der Waals surface area contributed by atoms with Crippen molar-refractivity contribution in [1.29, 1.82) is 0 Å². The first-order chi connectivity index (χ1) is 11.3. The van der Waals surface area contributed by atoms with E-state index in [9.17, 15) is 29.7 Å². The van der Waals surface area contributed by atoms with Crippen LogP contribution in [0.3, 0.4) is 0 Å². The van der Waals surface area contributed by atoms with Gasteiger partial charge in [-0.05, 0) is 12.1 Å². The van der Waals surface area contributed by atoms with Gasteiger partial charge in [0.2, 0.25) is 0 Å². The molecule has 0 amide bonds. The number of hydrogen-bond acceptors (Lipinski definition) is 9. The third-order valence-corrected chi connectivity index (χ3v) is 3.00. The summed E-state index contributed by atoms with van der Waals surface area (Å²) in [6.45, 7) is 0.243. The predicted molar refractivity (Wildman–Crippen MR) is 78.1 cm³/mol. The molecule has 0 unspecified atom stereocenters. The number of esters is 2. The smallest absolute Gasteiger partial charge is 0.342 e. The lowest BCUT2D eigenvalue weighted by Gasteiger charge is -2.27. The minimum Gasteiger partial charge on any atom is -0.453 e. The molecule has 0 aliphatic heterocycles. The van der Waals surface area contributed by atoms with Gasteiger partial charge in [-0.3, -0.25) is 4.79 Å². The molecule has 0 spiro atoms. The molecule has 0 radical (unpaired) electrons. The summed E-state index contributed by atoms with van der Waals surface area (Å²) >= 11 is 0. The Balaban J connectivity index is 3.04. The van der Waals surface area contributed by atoms with Crippen LogP contribution in [-0.2, 0) is 14.3 Å². The molecule has 0 heterocycles. The number of rotatable bonds is 8. The number of aliphatic hydroxyl groups excluding tert-OH is 4. The SMILES string of the molecule is CC(=O)Oc1ccccc1C(=O)O[C@@H]([C@H](O)[C@H](O)CO)[C@@H](O)C=O. The van der Waals surface area contributed by atoms with Crippen LogP contribution in [0.25, 0.3) is 0 Å². The van der Waals surface area contributed by atoms with Crippen molar-refractivity contribution in [3.8, 4) is 5.75 Å². The van der Waals surface area contributed by atoms with Crippen LogP contribution in [0.5, 0.6) is 5.75 Å². The van der Waals surface area contributed by atoms with E-state index in [0.29, 0.717) is 0 Å². The highest BCUT2D eigenvalue weighted by Crippen LogP contribution is 2.21. The Morgan fingerprint density at radius 2 is 1.83 bits per heavy atom. The van der Waals surface area contributed by atoms with Crippen LogP contribution in [0, 0.1) is 0 Å². The highest BCUT2D eigenvalue weighted by Gasteiger charge is 2.35. The lowest BCUT2D eigenvalue weighted by atomic mass is 10.0. The Hall–Kier alpha value is -2.33. The second-order valence-electron chi connectivity index (χ2n) is 4.83. The van der Waals surface area contributed by atoms with E-state index in [1.807, 2.05) is 0 Å². The van der Waals surface area contributed by atoms with Gasteiger partial charge in [-0.1, -0.05) is 12.1 Å². The maximum absolute atomic E-state index is 12.2. The van der Waals surface area contributed by atoms with E-state index in [1.54, 1.807) is 0 Å². The molecular weight excluding hydrogens is 324 g/mol. The van der Waals surface area contributed by atoms with Gasteiger partial charge < -0.3 is 34.7 Å². The van der Waals surface area contributed by atoms with E-state index in [0.717, 1.165) is 6.92 Å².